The van der Waals surface area contributed by atoms with Crippen LogP contribution < -0.4 is 0 Å². The van der Waals surface area contributed by atoms with E-state index in [9.17, 15) is 19.4 Å². The van der Waals surface area contributed by atoms with E-state index >= 15 is 8.78 Å². The summed E-state index contributed by atoms with van der Waals surface area (Å²) in [4.78, 5) is 11.5. The number of aryl methyl sites for hydroxylation is 1. The number of halogens is 3. The molecule has 196 valence electrons. The van der Waals surface area contributed by atoms with Crippen LogP contribution >= 0.6 is 0 Å². The highest BCUT2D eigenvalue weighted by Gasteiger charge is 2.38. The Balaban J connectivity index is 2.04. The van der Waals surface area contributed by atoms with Crippen LogP contribution in [0.5, 0.6) is 0 Å². The van der Waals surface area contributed by atoms with E-state index in [2.05, 4.69) is 10.2 Å². The summed E-state index contributed by atoms with van der Waals surface area (Å²) in [5, 5.41) is 28.2. The number of benzene rings is 3. The second-order valence-corrected chi connectivity index (χ2v) is 9.23. The summed E-state index contributed by atoms with van der Waals surface area (Å²) in [5.41, 5.74) is -0.950. The molecule has 2 aromatic heterocycles. The number of nitrogens with zero attached hydrogens (tertiary/aromatic N) is 2. The minimum absolute atomic E-state index is 0.0202. The molecule has 0 saturated heterocycles. The minimum Gasteiger partial charge on any atom is -0.478 e. The predicted octanol–water partition coefficient (Wildman–Crippen LogP) is 5.84. The second kappa shape index (κ2) is 9.30. The zero-order valence-corrected chi connectivity index (χ0v) is 20.8. The zero-order valence-electron chi connectivity index (χ0n) is 20.8. The summed E-state index contributed by atoms with van der Waals surface area (Å²) in [7, 11) is 1.40. The van der Waals surface area contributed by atoms with Gasteiger partial charge in [0.1, 0.15) is 22.8 Å². The van der Waals surface area contributed by atoms with Crippen molar-refractivity contribution in [1.29, 1.82) is 0 Å². The third-order valence-electron chi connectivity index (χ3n) is 6.90. The zero-order chi connectivity index (χ0) is 27.4. The van der Waals surface area contributed by atoms with Gasteiger partial charge in [0.25, 0.3) is 0 Å². The number of aromatic carboxylic acids is 1. The van der Waals surface area contributed by atoms with Crippen molar-refractivity contribution in [3.63, 3.8) is 0 Å². The number of nitrogens with one attached hydrogen (secondary N) is 1. The van der Waals surface area contributed by atoms with Crippen LogP contribution in [0.3, 0.4) is 0 Å². The molecule has 10 heteroatoms. The Morgan fingerprint density at radius 2 is 1.89 bits per heavy atom. The number of carboxylic acids is 1. The maximum atomic E-state index is 16.2. The van der Waals surface area contributed by atoms with Crippen LogP contribution in [-0.2, 0) is 10.3 Å². The van der Waals surface area contributed by atoms with Crippen LogP contribution in [0.15, 0.2) is 48.7 Å². The maximum Gasteiger partial charge on any atom is 0.335 e. The van der Waals surface area contributed by atoms with Gasteiger partial charge < -0.3 is 19.5 Å². The number of aromatic amines is 1. The Labute approximate surface area is 215 Å². The summed E-state index contributed by atoms with van der Waals surface area (Å²) in [6.45, 7) is 3.06. The Kier molecular flexibility index (Phi) is 6.24. The standard InChI is InChI=1S/C28H24F3N3O4/c1-4-28(37,13-38-3)26-22(18-7-5-15(27(35)36)10-20(18)30)23-21(11-16-12-32-33-25(16)24(23)31)34(26)17-6-8-19(29)14(2)9-17/h5-12,37H,4,13H2,1-3H3,(H,32,33)(H,35,36). The molecule has 5 rings (SSSR count). The van der Waals surface area contributed by atoms with Crippen molar-refractivity contribution >= 4 is 27.8 Å². The van der Waals surface area contributed by atoms with Gasteiger partial charge in [-0.25, -0.2) is 18.0 Å². The number of aromatic nitrogens is 3. The number of carboxylic acid groups (broad SMARTS) is 1. The fourth-order valence-electron chi connectivity index (χ4n) is 4.97. The van der Waals surface area contributed by atoms with Crippen LogP contribution in [0.25, 0.3) is 38.6 Å². The maximum absolute atomic E-state index is 16.2. The smallest absolute Gasteiger partial charge is 0.335 e. The lowest BCUT2D eigenvalue weighted by Crippen LogP contribution is -2.33. The third kappa shape index (κ3) is 3.84. The average Bonchev–Trinajstić information content (AvgIpc) is 3.49. The van der Waals surface area contributed by atoms with Gasteiger partial charge in [-0.3, -0.25) is 5.10 Å². The van der Waals surface area contributed by atoms with Gasteiger partial charge in [0.2, 0.25) is 0 Å². The molecule has 3 aromatic carbocycles. The molecule has 0 radical (unpaired) electrons. The van der Waals surface area contributed by atoms with E-state index in [0.29, 0.717) is 16.6 Å². The molecule has 2 heterocycles. The molecule has 0 fully saturated rings. The topological polar surface area (TPSA) is 100 Å². The average molecular weight is 524 g/mol. The molecule has 38 heavy (non-hydrogen) atoms. The lowest BCUT2D eigenvalue weighted by atomic mass is 9.89. The summed E-state index contributed by atoms with van der Waals surface area (Å²) in [6, 6.07) is 9.25. The van der Waals surface area contributed by atoms with Crippen molar-refractivity contribution in [3.05, 3.63) is 82.9 Å². The summed E-state index contributed by atoms with van der Waals surface area (Å²) in [6.07, 6.45) is 1.54. The number of rotatable bonds is 7. The number of fused-ring (bicyclic) bond motifs is 2. The van der Waals surface area contributed by atoms with Crippen molar-refractivity contribution in [1.82, 2.24) is 14.8 Å². The Hall–Kier alpha value is -4.15. The number of H-pyrrole nitrogens is 1. The molecule has 7 nitrogen and oxygen atoms in total. The third-order valence-corrected chi connectivity index (χ3v) is 6.90. The van der Waals surface area contributed by atoms with E-state index in [-0.39, 0.29) is 51.8 Å². The van der Waals surface area contributed by atoms with E-state index in [1.165, 1.54) is 37.6 Å². The molecule has 5 aromatic rings. The van der Waals surface area contributed by atoms with Crippen LogP contribution in [0.1, 0.15) is 35.0 Å². The van der Waals surface area contributed by atoms with Gasteiger partial charge in [0, 0.05) is 34.7 Å². The van der Waals surface area contributed by atoms with Gasteiger partial charge in [-0.15, -0.1) is 0 Å². The highest BCUT2D eigenvalue weighted by atomic mass is 19.1. The predicted molar refractivity (Wildman–Crippen MR) is 136 cm³/mol. The van der Waals surface area contributed by atoms with E-state index < -0.39 is 29.0 Å². The number of hydrogen-bond acceptors (Lipinski definition) is 4. The fraction of sp³-hybridized carbons (Fsp3) is 0.214. The summed E-state index contributed by atoms with van der Waals surface area (Å²) >= 11 is 0. The molecule has 0 bridgehead atoms. The molecule has 3 N–H and O–H groups in total. The van der Waals surface area contributed by atoms with Gasteiger partial charge >= 0.3 is 5.97 Å². The van der Waals surface area contributed by atoms with Crippen molar-refractivity contribution < 1.29 is 32.9 Å². The van der Waals surface area contributed by atoms with E-state index in [1.807, 2.05) is 0 Å². The normalized spacial score (nSPS) is 13.3. The molecule has 0 amide bonds. The lowest BCUT2D eigenvalue weighted by Gasteiger charge is -2.30. The van der Waals surface area contributed by atoms with E-state index in [4.69, 9.17) is 4.74 Å². The Bertz CT molecular complexity index is 1730. The first-order chi connectivity index (χ1) is 18.1. The second-order valence-electron chi connectivity index (χ2n) is 9.23. The van der Waals surface area contributed by atoms with Crippen molar-refractivity contribution in [3.8, 4) is 16.8 Å². The first kappa shape index (κ1) is 25.5. The first-order valence-electron chi connectivity index (χ1n) is 11.8. The van der Waals surface area contributed by atoms with Crippen LogP contribution in [-0.4, -0.2) is 44.7 Å². The fourth-order valence-corrected chi connectivity index (χ4v) is 4.97. The molecular formula is C28H24F3N3O4. The number of hydrogen-bond donors (Lipinski definition) is 3. The number of carbonyl (C=O) groups is 1. The lowest BCUT2D eigenvalue weighted by molar-refractivity contribution is -0.0422. The number of methoxy groups -OCH3 is 1. The highest BCUT2D eigenvalue weighted by Crippen LogP contribution is 2.46. The number of aliphatic hydroxyl groups is 1. The summed E-state index contributed by atoms with van der Waals surface area (Å²) in [5.74, 6) is -3.43. The molecule has 1 atom stereocenters. The van der Waals surface area contributed by atoms with E-state index in [0.717, 1.165) is 6.07 Å². The largest absolute Gasteiger partial charge is 0.478 e. The van der Waals surface area contributed by atoms with Gasteiger partial charge in [-0.1, -0.05) is 13.0 Å². The number of ether oxygens (including phenoxy) is 1. The van der Waals surface area contributed by atoms with Crippen LogP contribution in [0.4, 0.5) is 13.2 Å². The first-order valence-corrected chi connectivity index (χ1v) is 11.8. The van der Waals surface area contributed by atoms with Crippen molar-refractivity contribution in [2.75, 3.05) is 13.7 Å². The Morgan fingerprint density at radius 3 is 2.53 bits per heavy atom. The van der Waals surface area contributed by atoms with Crippen LogP contribution in [0, 0.1) is 24.4 Å². The molecule has 0 saturated carbocycles. The molecule has 0 aliphatic rings. The van der Waals surface area contributed by atoms with Gasteiger partial charge in [-0.05, 0) is 55.3 Å². The van der Waals surface area contributed by atoms with Gasteiger partial charge in [-0.2, -0.15) is 5.10 Å². The Morgan fingerprint density at radius 1 is 1.13 bits per heavy atom. The quantitative estimate of drug-likeness (QED) is 0.249. The minimum atomic E-state index is -1.75. The summed E-state index contributed by atoms with van der Waals surface area (Å²) < 4.78 is 53.0. The van der Waals surface area contributed by atoms with Crippen molar-refractivity contribution in [2.24, 2.45) is 0 Å². The van der Waals surface area contributed by atoms with Gasteiger partial charge in [0.05, 0.1) is 29.6 Å². The molecule has 0 aliphatic carbocycles. The van der Waals surface area contributed by atoms with Gasteiger partial charge in [0.15, 0.2) is 5.82 Å². The van der Waals surface area contributed by atoms with Crippen LogP contribution in [0.2, 0.25) is 0 Å². The van der Waals surface area contributed by atoms with E-state index in [1.54, 1.807) is 30.5 Å². The molecule has 1 unspecified atom stereocenters. The van der Waals surface area contributed by atoms with Crippen molar-refractivity contribution in [2.45, 2.75) is 25.9 Å². The highest BCUT2D eigenvalue weighted by molar-refractivity contribution is 6.07. The SMILES string of the molecule is CCC(O)(COC)c1c(-c2ccc(C(=O)O)cc2F)c2c(F)c3[nH]ncc3cc2n1-c1ccc(F)c(C)c1. The molecule has 0 spiro atoms. The molecular weight excluding hydrogens is 499 g/mol. The molecule has 0 aliphatic heterocycles. The monoisotopic (exact) mass is 523 g/mol.